The van der Waals surface area contributed by atoms with E-state index >= 15 is 0 Å². The van der Waals surface area contributed by atoms with Crippen LogP contribution in [0.3, 0.4) is 0 Å². The van der Waals surface area contributed by atoms with Crippen LogP contribution in [0, 0.1) is 0 Å². The molecule has 0 saturated carbocycles. The fourth-order valence-corrected chi connectivity index (χ4v) is 17.4. The molecule has 88 heavy (non-hydrogen) atoms. The van der Waals surface area contributed by atoms with E-state index in [9.17, 15) is 0 Å². The van der Waals surface area contributed by atoms with Crippen molar-refractivity contribution in [2.24, 2.45) is 0 Å². The molecule has 0 atom stereocenters. The summed E-state index contributed by atoms with van der Waals surface area (Å²) in [5.41, 5.74) is 21.8. The van der Waals surface area contributed by atoms with Crippen molar-refractivity contribution < 1.29 is 0 Å². The zero-order chi connectivity index (χ0) is 58.2. The molecule has 4 heterocycles. The van der Waals surface area contributed by atoms with Crippen molar-refractivity contribution in [2.45, 2.75) is 10.8 Å². The second-order valence-electron chi connectivity index (χ2n) is 22.7. The maximum absolute atomic E-state index is 2.61. The van der Waals surface area contributed by atoms with Crippen LogP contribution < -0.4 is 19.6 Å². The third-order valence-electron chi connectivity index (χ3n) is 18.0. The number of hydrogen-bond acceptors (Lipinski definition) is 6. The molecule has 6 heteroatoms. The van der Waals surface area contributed by atoms with Gasteiger partial charge >= 0.3 is 0 Å². The normalized spacial score (nSPS) is 13.6. The standard InChI is InChI=1S/C82H56N4S2/c1-7-31-59(32-8-1)83(60-33-9-2-10-34-60)65-43-27-29-57(53-65)77-55-71-79(87-77)82(69-47-21-25-51-75(69)86(64-41-17-6-18-42-64)76-52-26-22-48-70(76)82)72-56-78(58-30-28-44-66(54-58)84(61-35-11-3-12-36-61)62-37-13-4-14-38-62)88-80(72)81(71)67-45-19-23-49-73(67)85(63-39-15-5-16-40-63)74-50-24-20-46-68(74)81/h1-56H. The van der Waals surface area contributed by atoms with Gasteiger partial charge in [-0.15, -0.1) is 22.7 Å². The summed E-state index contributed by atoms with van der Waals surface area (Å²) in [6.07, 6.45) is 0. The highest BCUT2D eigenvalue weighted by atomic mass is 32.1. The summed E-state index contributed by atoms with van der Waals surface area (Å²) < 4.78 is 0. The number of benzene rings is 12. The Bertz CT molecular complexity index is 4360. The molecular weight excluding hydrogens is 1110 g/mol. The Labute approximate surface area is 521 Å². The molecule has 0 unspecified atom stereocenters. The molecule has 2 spiro atoms. The van der Waals surface area contributed by atoms with Crippen molar-refractivity contribution >= 4 is 90.9 Å². The highest BCUT2D eigenvalue weighted by Gasteiger charge is 2.61. The van der Waals surface area contributed by atoms with Gasteiger partial charge < -0.3 is 19.6 Å². The number of fused-ring (bicyclic) bond motifs is 14. The molecule has 416 valence electrons. The summed E-state index contributed by atoms with van der Waals surface area (Å²) in [5.74, 6) is 0. The first-order chi connectivity index (χ1) is 43.7. The molecule has 0 radical (unpaired) electrons. The van der Waals surface area contributed by atoms with Crippen LogP contribution in [0.25, 0.3) is 20.9 Å². The lowest BCUT2D eigenvalue weighted by atomic mass is 9.53. The highest BCUT2D eigenvalue weighted by molar-refractivity contribution is 7.17. The van der Waals surface area contributed by atoms with Crippen molar-refractivity contribution in [3.8, 4) is 20.9 Å². The Morgan fingerprint density at radius 3 is 0.795 bits per heavy atom. The van der Waals surface area contributed by atoms with Crippen LogP contribution in [0.4, 0.5) is 68.2 Å². The topological polar surface area (TPSA) is 13.0 Å². The minimum atomic E-state index is -0.804. The number of anilines is 12. The first-order valence-corrected chi connectivity index (χ1v) is 31.7. The summed E-state index contributed by atoms with van der Waals surface area (Å²) in [6, 6.07) is 126. The average molecular weight is 1160 g/mol. The van der Waals surface area contributed by atoms with Crippen LogP contribution in [0.5, 0.6) is 0 Å². The van der Waals surface area contributed by atoms with Crippen LogP contribution in [0.2, 0.25) is 0 Å². The molecule has 3 aliphatic rings. The second-order valence-corrected chi connectivity index (χ2v) is 24.8. The van der Waals surface area contributed by atoms with E-state index in [2.05, 4.69) is 359 Å². The summed E-state index contributed by atoms with van der Waals surface area (Å²) in [5, 5.41) is 0. The Kier molecular flexibility index (Phi) is 12.3. The predicted octanol–water partition coefficient (Wildman–Crippen LogP) is 22.7. The zero-order valence-corrected chi connectivity index (χ0v) is 49.6. The van der Waals surface area contributed by atoms with Crippen LogP contribution >= 0.6 is 22.7 Å². The lowest BCUT2D eigenvalue weighted by Crippen LogP contribution is -2.47. The fourth-order valence-electron chi connectivity index (χ4n) is 14.5. The van der Waals surface area contributed by atoms with Gasteiger partial charge in [-0.05, 0) is 178 Å². The highest BCUT2D eigenvalue weighted by Crippen LogP contribution is 2.71. The molecule has 0 saturated heterocycles. The summed E-state index contributed by atoms with van der Waals surface area (Å²) in [4.78, 5) is 14.8. The van der Waals surface area contributed by atoms with E-state index in [-0.39, 0.29) is 0 Å². The van der Waals surface area contributed by atoms with Gasteiger partial charge in [0.25, 0.3) is 0 Å². The van der Waals surface area contributed by atoms with Crippen molar-refractivity contribution in [2.75, 3.05) is 19.6 Å². The lowest BCUT2D eigenvalue weighted by Gasteiger charge is -2.53. The van der Waals surface area contributed by atoms with E-state index in [1.807, 2.05) is 22.7 Å². The van der Waals surface area contributed by atoms with Gasteiger partial charge in [0.1, 0.15) is 0 Å². The minimum Gasteiger partial charge on any atom is -0.310 e. The van der Waals surface area contributed by atoms with Gasteiger partial charge in [-0.1, -0.05) is 206 Å². The SMILES string of the molecule is c1ccc(N(c2ccccc2)c2cccc(-c3cc4c(s3)C3(c5ccccc5N(c5ccccc5)c5ccccc53)c3cc(-c5cccc(N(c6ccccc6)c6ccccc6)c5)sc3C43c4ccccc4N(c4ccccc4)c4ccccc43)c2)cc1. The van der Waals surface area contributed by atoms with Crippen LogP contribution in [-0.2, 0) is 10.8 Å². The average Bonchev–Trinajstić information content (AvgIpc) is 1.17. The van der Waals surface area contributed by atoms with E-state index in [0.29, 0.717) is 0 Å². The van der Waals surface area contributed by atoms with Gasteiger partial charge in [-0.3, -0.25) is 0 Å². The van der Waals surface area contributed by atoms with Crippen molar-refractivity contribution in [3.05, 3.63) is 383 Å². The number of thiophene rings is 2. The Morgan fingerprint density at radius 2 is 0.489 bits per heavy atom. The maximum atomic E-state index is 2.61. The molecule has 0 amide bonds. The number of hydrogen-bond donors (Lipinski definition) is 0. The largest absolute Gasteiger partial charge is 0.310 e. The van der Waals surface area contributed by atoms with Crippen LogP contribution in [0.1, 0.15) is 43.1 Å². The van der Waals surface area contributed by atoms with E-state index in [4.69, 9.17) is 0 Å². The molecule has 4 nitrogen and oxygen atoms in total. The number of rotatable bonds is 10. The lowest BCUT2D eigenvalue weighted by molar-refractivity contribution is 0.634. The summed E-state index contributed by atoms with van der Waals surface area (Å²) in [6.45, 7) is 0. The first kappa shape index (κ1) is 51.6. The predicted molar refractivity (Wildman–Crippen MR) is 369 cm³/mol. The third kappa shape index (κ3) is 7.89. The van der Waals surface area contributed by atoms with E-state index in [0.717, 1.165) is 79.4 Å². The second kappa shape index (κ2) is 21.0. The van der Waals surface area contributed by atoms with Gasteiger partial charge in [-0.2, -0.15) is 0 Å². The van der Waals surface area contributed by atoms with Crippen molar-refractivity contribution in [1.29, 1.82) is 0 Å². The Balaban J connectivity index is 0.996. The zero-order valence-electron chi connectivity index (χ0n) is 47.9. The smallest absolute Gasteiger partial charge is 0.0850 e. The molecule has 0 fully saturated rings. The Morgan fingerprint density at radius 1 is 0.227 bits per heavy atom. The van der Waals surface area contributed by atoms with Crippen molar-refractivity contribution in [3.63, 3.8) is 0 Å². The van der Waals surface area contributed by atoms with Gasteiger partial charge in [0.2, 0.25) is 0 Å². The molecule has 0 N–H and O–H groups in total. The molecular formula is C82H56N4S2. The van der Waals surface area contributed by atoms with E-state index < -0.39 is 10.8 Å². The molecule has 17 rings (SSSR count). The monoisotopic (exact) mass is 1160 g/mol. The van der Waals surface area contributed by atoms with Gasteiger partial charge in [0.15, 0.2) is 0 Å². The van der Waals surface area contributed by atoms with Gasteiger partial charge in [-0.25, -0.2) is 0 Å². The molecule has 2 aliphatic heterocycles. The van der Waals surface area contributed by atoms with Gasteiger partial charge in [0, 0.05) is 65.0 Å². The Hall–Kier alpha value is -10.8. The van der Waals surface area contributed by atoms with E-state index in [1.165, 1.54) is 52.9 Å². The minimum absolute atomic E-state index is 0.804. The molecule has 0 bridgehead atoms. The van der Waals surface area contributed by atoms with Crippen LogP contribution in [0.15, 0.2) is 340 Å². The third-order valence-corrected chi connectivity index (χ3v) is 20.6. The number of para-hydroxylation sites is 10. The number of nitrogens with zero attached hydrogens (tertiary/aromatic N) is 4. The molecule has 2 aromatic heterocycles. The maximum Gasteiger partial charge on any atom is 0.0850 e. The molecule has 12 aromatic carbocycles. The van der Waals surface area contributed by atoms with Gasteiger partial charge in [0.05, 0.1) is 33.6 Å². The molecule has 14 aromatic rings. The van der Waals surface area contributed by atoms with Crippen LogP contribution in [-0.4, -0.2) is 0 Å². The quantitative estimate of drug-likeness (QED) is 0.135. The van der Waals surface area contributed by atoms with E-state index in [1.54, 1.807) is 0 Å². The summed E-state index contributed by atoms with van der Waals surface area (Å²) in [7, 11) is 0. The first-order valence-electron chi connectivity index (χ1n) is 30.1. The fraction of sp³-hybridized carbons (Fsp3) is 0.0244. The molecule has 1 aliphatic carbocycles. The summed E-state index contributed by atoms with van der Waals surface area (Å²) >= 11 is 3.92. The van der Waals surface area contributed by atoms with Crippen molar-refractivity contribution in [1.82, 2.24) is 0 Å².